The third-order valence-electron chi connectivity index (χ3n) is 3.62. The molecule has 1 fully saturated rings. The summed E-state index contributed by atoms with van der Waals surface area (Å²) in [6, 6.07) is 3.74. The summed E-state index contributed by atoms with van der Waals surface area (Å²) in [6.07, 6.45) is 1.23. The van der Waals surface area contributed by atoms with Crippen LogP contribution in [0.1, 0.15) is 48.7 Å². The summed E-state index contributed by atoms with van der Waals surface area (Å²) in [5.41, 5.74) is 8.99. The van der Waals surface area contributed by atoms with Crippen molar-refractivity contribution in [3.63, 3.8) is 0 Å². The van der Waals surface area contributed by atoms with Crippen LogP contribution in [-0.4, -0.2) is 10.9 Å². The molecule has 1 heterocycles. The third-order valence-corrected chi connectivity index (χ3v) is 3.62. The normalized spacial score (nSPS) is 24.2. The minimum Gasteiger partial charge on any atom is -0.324 e. The maximum absolute atomic E-state index is 13.1. The standard InChI is InChI=1S/C14H20F2N2/c1-9-5-12(6-10(2)18-9)13(17)7-11-3-4-14(15,16)8-11/h5-6,11,13H,3-4,7-8,17H2,1-2H3. The Morgan fingerprint density at radius 3 is 2.50 bits per heavy atom. The van der Waals surface area contributed by atoms with Crippen LogP contribution < -0.4 is 5.73 Å². The largest absolute Gasteiger partial charge is 0.324 e. The van der Waals surface area contributed by atoms with E-state index < -0.39 is 5.92 Å². The molecule has 18 heavy (non-hydrogen) atoms. The first-order valence-corrected chi connectivity index (χ1v) is 6.44. The topological polar surface area (TPSA) is 38.9 Å². The zero-order valence-electron chi connectivity index (χ0n) is 10.9. The highest BCUT2D eigenvalue weighted by Gasteiger charge is 2.39. The second-order valence-electron chi connectivity index (χ2n) is 5.49. The van der Waals surface area contributed by atoms with Gasteiger partial charge >= 0.3 is 0 Å². The van der Waals surface area contributed by atoms with Crippen LogP contribution in [0.5, 0.6) is 0 Å². The molecule has 0 radical (unpaired) electrons. The summed E-state index contributed by atoms with van der Waals surface area (Å²) in [6.45, 7) is 3.85. The maximum Gasteiger partial charge on any atom is 0.248 e. The number of nitrogens with zero attached hydrogens (tertiary/aromatic N) is 1. The van der Waals surface area contributed by atoms with Crippen LogP contribution >= 0.6 is 0 Å². The summed E-state index contributed by atoms with van der Waals surface area (Å²) in [4.78, 5) is 4.30. The Morgan fingerprint density at radius 1 is 1.39 bits per heavy atom. The molecule has 2 rings (SSSR count). The second-order valence-corrected chi connectivity index (χ2v) is 5.49. The third kappa shape index (κ3) is 3.25. The number of halogens is 2. The van der Waals surface area contributed by atoms with E-state index in [-0.39, 0.29) is 24.8 Å². The summed E-state index contributed by atoms with van der Waals surface area (Å²) in [7, 11) is 0. The molecule has 2 nitrogen and oxygen atoms in total. The summed E-state index contributed by atoms with van der Waals surface area (Å²) in [5, 5.41) is 0. The van der Waals surface area contributed by atoms with Crippen LogP contribution in [0.4, 0.5) is 8.78 Å². The first-order valence-electron chi connectivity index (χ1n) is 6.44. The van der Waals surface area contributed by atoms with Crippen LogP contribution in [-0.2, 0) is 0 Å². The molecule has 1 aromatic heterocycles. The molecule has 2 N–H and O–H groups in total. The van der Waals surface area contributed by atoms with Gasteiger partial charge in [0.25, 0.3) is 0 Å². The highest BCUT2D eigenvalue weighted by atomic mass is 19.3. The number of hydrogen-bond donors (Lipinski definition) is 1. The predicted molar refractivity (Wildman–Crippen MR) is 67.5 cm³/mol. The van der Waals surface area contributed by atoms with Gasteiger partial charge in [0, 0.05) is 30.3 Å². The van der Waals surface area contributed by atoms with Crippen LogP contribution in [0.3, 0.4) is 0 Å². The molecule has 1 aliphatic rings. The molecule has 1 aliphatic carbocycles. The summed E-state index contributed by atoms with van der Waals surface area (Å²) < 4.78 is 26.2. The Hall–Kier alpha value is -1.03. The molecular weight excluding hydrogens is 234 g/mol. The van der Waals surface area contributed by atoms with Gasteiger partial charge in [-0.1, -0.05) is 0 Å². The lowest BCUT2D eigenvalue weighted by Crippen LogP contribution is -2.16. The number of nitrogens with two attached hydrogens (primary N) is 1. The fraction of sp³-hybridized carbons (Fsp3) is 0.643. The van der Waals surface area contributed by atoms with E-state index in [1.165, 1.54) is 0 Å². The lowest BCUT2D eigenvalue weighted by Gasteiger charge is -2.17. The monoisotopic (exact) mass is 254 g/mol. The predicted octanol–water partition coefficient (Wildman–Crippen LogP) is 3.52. The van der Waals surface area contributed by atoms with Gasteiger partial charge in [0.15, 0.2) is 0 Å². The van der Waals surface area contributed by atoms with Gasteiger partial charge in [0.1, 0.15) is 0 Å². The lowest BCUT2D eigenvalue weighted by atomic mass is 9.94. The average molecular weight is 254 g/mol. The van der Waals surface area contributed by atoms with E-state index in [4.69, 9.17) is 5.73 Å². The Balaban J connectivity index is 2.01. The molecule has 0 aliphatic heterocycles. The summed E-state index contributed by atoms with van der Waals surface area (Å²) >= 11 is 0. The second kappa shape index (κ2) is 4.92. The van der Waals surface area contributed by atoms with Crippen molar-refractivity contribution in [2.24, 2.45) is 11.7 Å². The van der Waals surface area contributed by atoms with Gasteiger partial charge in [-0.3, -0.25) is 4.98 Å². The van der Waals surface area contributed by atoms with Crippen molar-refractivity contribution in [3.05, 3.63) is 29.1 Å². The quantitative estimate of drug-likeness (QED) is 0.896. The van der Waals surface area contributed by atoms with Crippen LogP contribution in [0.2, 0.25) is 0 Å². The fourth-order valence-corrected chi connectivity index (χ4v) is 2.82. The van der Waals surface area contributed by atoms with Crippen molar-refractivity contribution in [2.45, 2.75) is 51.5 Å². The van der Waals surface area contributed by atoms with E-state index >= 15 is 0 Å². The lowest BCUT2D eigenvalue weighted by molar-refractivity contribution is 0.00446. The first kappa shape index (κ1) is 13.4. The molecule has 100 valence electrons. The van der Waals surface area contributed by atoms with E-state index in [0.717, 1.165) is 17.0 Å². The number of aryl methyl sites for hydroxylation is 2. The van der Waals surface area contributed by atoms with Crippen molar-refractivity contribution in [1.29, 1.82) is 0 Å². The minimum absolute atomic E-state index is 0.0102. The molecular formula is C14H20F2N2. The summed E-state index contributed by atoms with van der Waals surface area (Å²) in [5.74, 6) is -2.43. The minimum atomic E-state index is -2.48. The molecule has 0 aromatic carbocycles. The molecule has 2 atom stereocenters. The number of pyridine rings is 1. The number of rotatable bonds is 3. The van der Waals surface area contributed by atoms with Gasteiger partial charge in [-0.15, -0.1) is 0 Å². The van der Waals surface area contributed by atoms with Crippen LogP contribution in [0.15, 0.2) is 12.1 Å². The Bertz CT molecular complexity index is 412. The Labute approximate surface area is 107 Å². The molecule has 0 spiro atoms. The fourth-order valence-electron chi connectivity index (χ4n) is 2.82. The average Bonchev–Trinajstić information content (AvgIpc) is 2.56. The molecule has 1 saturated carbocycles. The smallest absolute Gasteiger partial charge is 0.248 e. The van der Waals surface area contributed by atoms with Gasteiger partial charge in [0.05, 0.1) is 0 Å². The van der Waals surface area contributed by atoms with Crippen LogP contribution in [0, 0.1) is 19.8 Å². The molecule has 0 amide bonds. The van der Waals surface area contributed by atoms with Crippen molar-refractivity contribution < 1.29 is 8.78 Å². The van der Waals surface area contributed by atoms with Crippen molar-refractivity contribution in [3.8, 4) is 0 Å². The van der Waals surface area contributed by atoms with Gasteiger partial charge in [0.2, 0.25) is 5.92 Å². The van der Waals surface area contributed by atoms with Gasteiger partial charge < -0.3 is 5.73 Å². The van der Waals surface area contributed by atoms with E-state index in [9.17, 15) is 8.78 Å². The number of aromatic nitrogens is 1. The molecule has 2 unspecified atom stereocenters. The zero-order chi connectivity index (χ0) is 13.3. The van der Waals surface area contributed by atoms with Gasteiger partial charge in [-0.25, -0.2) is 8.78 Å². The molecule has 4 heteroatoms. The van der Waals surface area contributed by atoms with Crippen molar-refractivity contribution >= 4 is 0 Å². The van der Waals surface area contributed by atoms with E-state index in [2.05, 4.69) is 4.98 Å². The van der Waals surface area contributed by atoms with E-state index in [1.807, 2.05) is 26.0 Å². The van der Waals surface area contributed by atoms with Crippen molar-refractivity contribution in [1.82, 2.24) is 4.98 Å². The highest BCUT2D eigenvalue weighted by Crippen LogP contribution is 2.42. The molecule has 1 aromatic rings. The zero-order valence-corrected chi connectivity index (χ0v) is 10.9. The van der Waals surface area contributed by atoms with Crippen LogP contribution in [0.25, 0.3) is 0 Å². The Morgan fingerprint density at radius 2 is 2.00 bits per heavy atom. The van der Waals surface area contributed by atoms with E-state index in [0.29, 0.717) is 12.8 Å². The van der Waals surface area contributed by atoms with Gasteiger partial charge in [-0.2, -0.15) is 0 Å². The Kier molecular flexibility index (Phi) is 3.66. The van der Waals surface area contributed by atoms with E-state index in [1.54, 1.807) is 0 Å². The molecule has 0 saturated heterocycles. The number of alkyl halides is 2. The van der Waals surface area contributed by atoms with Gasteiger partial charge in [-0.05, 0) is 50.3 Å². The molecule has 0 bridgehead atoms. The SMILES string of the molecule is Cc1cc(C(N)CC2CCC(F)(F)C2)cc(C)n1. The van der Waals surface area contributed by atoms with Crippen molar-refractivity contribution in [2.75, 3.05) is 0 Å². The first-order chi connectivity index (χ1) is 8.35. The maximum atomic E-state index is 13.1. The number of hydrogen-bond acceptors (Lipinski definition) is 2. The highest BCUT2D eigenvalue weighted by molar-refractivity contribution is 5.23.